The van der Waals surface area contributed by atoms with Gasteiger partial charge in [0, 0.05) is 25.0 Å². The third kappa shape index (κ3) is 3.69. The molecule has 104 valence electrons. The van der Waals surface area contributed by atoms with Gasteiger partial charge < -0.3 is 5.73 Å². The third-order valence-corrected chi connectivity index (χ3v) is 4.50. The number of carbonyl (C=O) groups excluding carboxylic acids is 1. The number of amides is 1. The molecule has 0 bridgehead atoms. The van der Waals surface area contributed by atoms with Crippen LogP contribution in [0.15, 0.2) is 0 Å². The summed E-state index contributed by atoms with van der Waals surface area (Å²) in [5, 5.41) is 2.09. The molecular formula is C14H27N3O. The molecule has 0 aromatic heterocycles. The lowest BCUT2D eigenvalue weighted by Crippen LogP contribution is -2.48. The predicted molar refractivity (Wildman–Crippen MR) is 72.7 cm³/mol. The molecule has 1 heterocycles. The van der Waals surface area contributed by atoms with Crippen LogP contribution >= 0.6 is 0 Å². The molecule has 1 saturated heterocycles. The Kier molecular flexibility index (Phi) is 5.01. The van der Waals surface area contributed by atoms with E-state index < -0.39 is 0 Å². The van der Waals surface area contributed by atoms with Gasteiger partial charge in [-0.1, -0.05) is 19.8 Å². The SMILES string of the molecule is CC(C(=O)NN1CCCCC1)C1CCCC(N)C1. The van der Waals surface area contributed by atoms with Gasteiger partial charge >= 0.3 is 0 Å². The summed E-state index contributed by atoms with van der Waals surface area (Å²) >= 11 is 0. The van der Waals surface area contributed by atoms with E-state index in [1.807, 2.05) is 0 Å². The summed E-state index contributed by atoms with van der Waals surface area (Å²) in [7, 11) is 0. The van der Waals surface area contributed by atoms with Crippen LogP contribution in [0.3, 0.4) is 0 Å². The van der Waals surface area contributed by atoms with E-state index in [4.69, 9.17) is 5.73 Å². The minimum atomic E-state index is 0.0956. The van der Waals surface area contributed by atoms with Gasteiger partial charge in [0.05, 0.1) is 0 Å². The highest BCUT2D eigenvalue weighted by Gasteiger charge is 2.29. The number of nitrogens with zero attached hydrogens (tertiary/aromatic N) is 1. The van der Waals surface area contributed by atoms with Gasteiger partial charge in [-0.05, 0) is 38.0 Å². The number of hydrazine groups is 1. The minimum absolute atomic E-state index is 0.0956. The fourth-order valence-electron chi connectivity index (χ4n) is 3.20. The van der Waals surface area contributed by atoms with E-state index in [1.165, 1.54) is 25.7 Å². The lowest BCUT2D eigenvalue weighted by molar-refractivity contribution is -0.132. The Labute approximate surface area is 110 Å². The van der Waals surface area contributed by atoms with Gasteiger partial charge in [0.15, 0.2) is 0 Å². The van der Waals surface area contributed by atoms with Gasteiger partial charge in [-0.15, -0.1) is 0 Å². The van der Waals surface area contributed by atoms with Crippen molar-refractivity contribution in [2.45, 2.75) is 57.9 Å². The summed E-state index contributed by atoms with van der Waals surface area (Å²) in [4.78, 5) is 12.2. The maximum Gasteiger partial charge on any atom is 0.237 e. The van der Waals surface area contributed by atoms with Crippen LogP contribution in [0, 0.1) is 11.8 Å². The quantitative estimate of drug-likeness (QED) is 0.804. The Morgan fingerprint density at radius 3 is 2.61 bits per heavy atom. The molecule has 0 radical (unpaired) electrons. The van der Waals surface area contributed by atoms with Crippen LogP contribution in [0.2, 0.25) is 0 Å². The number of hydrogen-bond donors (Lipinski definition) is 2. The molecule has 3 unspecified atom stereocenters. The van der Waals surface area contributed by atoms with E-state index in [0.717, 1.165) is 32.4 Å². The molecule has 4 nitrogen and oxygen atoms in total. The summed E-state index contributed by atoms with van der Waals surface area (Å²) in [6, 6.07) is 0.300. The second kappa shape index (κ2) is 6.53. The average molecular weight is 253 g/mol. The van der Waals surface area contributed by atoms with Crippen LogP contribution in [-0.2, 0) is 4.79 Å². The Morgan fingerprint density at radius 2 is 1.94 bits per heavy atom. The van der Waals surface area contributed by atoms with Gasteiger partial charge in [-0.2, -0.15) is 0 Å². The topological polar surface area (TPSA) is 58.4 Å². The van der Waals surface area contributed by atoms with Crippen molar-refractivity contribution >= 4 is 5.91 Å². The zero-order chi connectivity index (χ0) is 13.0. The number of nitrogens with two attached hydrogens (primary N) is 1. The maximum absolute atomic E-state index is 12.2. The van der Waals surface area contributed by atoms with Crippen LogP contribution in [0.25, 0.3) is 0 Å². The molecule has 1 aliphatic carbocycles. The highest BCUT2D eigenvalue weighted by atomic mass is 16.2. The molecule has 0 aromatic carbocycles. The first kappa shape index (κ1) is 13.8. The zero-order valence-corrected chi connectivity index (χ0v) is 11.5. The highest BCUT2D eigenvalue weighted by molar-refractivity contribution is 5.78. The molecule has 0 aromatic rings. The Morgan fingerprint density at radius 1 is 1.22 bits per heavy atom. The van der Waals surface area contributed by atoms with Gasteiger partial charge in [-0.3, -0.25) is 10.2 Å². The van der Waals surface area contributed by atoms with E-state index >= 15 is 0 Å². The van der Waals surface area contributed by atoms with Crippen molar-refractivity contribution < 1.29 is 4.79 Å². The molecule has 2 fully saturated rings. The summed E-state index contributed by atoms with van der Waals surface area (Å²) in [5.41, 5.74) is 9.09. The van der Waals surface area contributed by atoms with Crippen molar-refractivity contribution in [2.24, 2.45) is 17.6 Å². The molecule has 2 rings (SSSR count). The van der Waals surface area contributed by atoms with E-state index in [9.17, 15) is 4.79 Å². The first-order valence-corrected chi connectivity index (χ1v) is 7.48. The lowest BCUT2D eigenvalue weighted by atomic mass is 9.78. The van der Waals surface area contributed by atoms with E-state index in [0.29, 0.717) is 12.0 Å². The Bertz CT molecular complexity index is 276. The van der Waals surface area contributed by atoms with Crippen LogP contribution in [0.4, 0.5) is 0 Å². The normalized spacial score (nSPS) is 31.9. The fourth-order valence-corrected chi connectivity index (χ4v) is 3.20. The number of rotatable bonds is 3. The van der Waals surface area contributed by atoms with Gasteiger partial charge in [-0.25, -0.2) is 5.01 Å². The molecule has 3 atom stereocenters. The second-order valence-corrected chi connectivity index (χ2v) is 6.00. The van der Waals surface area contributed by atoms with E-state index in [1.54, 1.807) is 0 Å². The highest BCUT2D eigenvalue weighted by Crippen LogP contribution is 2.29. The number of carbonyl (C=O) groups is 1. The molecule has 1 aliphatic heterocycles. The van der Waals surface area contributed by atoms with Crippen molar-refractivity contribution in [3.8, 4) is 0 Å². The van der Waals surface area contributed by atoms with Crippen molar-refractivity contribution in [1.82, 2.24) is 10.4 Å². The van der Waals surface area contributed by atoms with E-state index in [2.05, 4.69) is 17.4 Å². The smallest absolute Gasteiger partial charge is 0.237 e. The van der Waals surface area contributed by atoms with Crippen LogP contribution in [0.5, 0.6) is 0 Å². The van der Waals surface area contributed by atoms with Crippen molar-refractivity contribution in [2.75, 3.05) is 13.1 Å². The molecule has 1 amide bonds. The maximum atomic E-state index is 12.2. The molecule has 3 N–H and O–H groups in total. The van der Waals surface area contributed by atoms with Gasteiger partial charge in [0.2, 0.25) is 5.91 Å². The first-order chi connectivity index (χ1) is 8.66. The molecule has 2 aliphatic rings. The second-order valence-electron chi connectivity index (χ2n) is 6.00. The standard InChI is InChI=1S/C14H27N3O/c1-11(12-6-5-7-13(15)10-12)14(18)16-17-8-3-2-4-9-17/h11-13H,2-10,15H2,1H3,(H,16,18). The van der Waals surface area contributed by atoms with Crippen molar-refractivity contribution in [3.05, 3.63) is 0 Å². The predicted octanol–water partition coefficient (Wildman–Crippen LogP) is 1.66. The van der Waals surface area contributed by atoms with E-state index in [-0.39, 0.29) is 11.8 Å². The summed E-state index contributed by atoms with van der Waals surface area (Å²) in [5.74, 6) is 0.757. The number of hydrogen-bond acceptors (Lipinski definition) is 3. The van der Waals surface area contributed by atoms with Crippen molar-refractivity contribution in [3.63, 3.8) is 0 Å². The van der Waals surface area contributed by atoms with Crippen molar-refractivity contribution in [1.29, 1.82) is 0 Å². The van der Waals surface area contributed by atoms with Crippen LogP contribution in [-0.4, -0.2) is 30.0 Å². The molecule has 1 saturated carbocycles. The summed E-state index contributed by atoms with van der Waals surface area (Å²) < 4.78 is 0. The third-order valence-electron chi connectivity index (χ3n) is 4.50. The molecule has 4 heteroatoms. The Balaban J connectivity index is 1.79. The first-order valence-electron chi connectivity index (χ1n) is 7.48. The number of piperidine rings is 1. The molecular weight excluding hydrogens is 226 g/mol. The van der Waals surface area contributed by atoms with Gasteiger partial charge in [0.1, 0.15) is 0 Å². The molecule has 0 spiro atoms. The average Bonchev–Trinajstić information content (AvgIpc) is 2.39. The lowest BCUT2D eigenvalue weighted by Gasteiger charge is -2.33. The largest absolute Gasteiger partial charge is 0.328 e. The Hall–Kier alpha value is -0.610. The zero-order valence-electron chi connectivity index (χ0n) is 11.5. The van der Waals surface area contributed by atoms with Crippen LogP contribution < -0.4 is 11.2 Å². The summed E-state index contributed by atoms with van der Waals surface area (Å²) in [6.45, 7) is 4.06. The molecule has 18 heavy (non-hydrogen) atoms. The van der Waals surface area contributed by atoms with Gasteiger partial charge in [0.25, 0.3) is 0 Å². The fraction of sp³-hybridized carbons (Fsp3) is 0.929. The van der Waals surface area contributed by atoms with Crippen LogP contribution in [0.1, 0.15) is 51.9 Å². The monoisotopic (exact) mass is 253 g/mol. The minimum Gasteiger partial charge on any atom is -0.328 e. The summed E-state index contributed by atoms with van der Waals surface area (Å²) in [6.07, 6.45) is 8.15. The number of nitrogens with one attached hydrogen (secondary N) is 1.